The lowest BCUT2D eigenvalue weighted by molar-refractivity contribution is 0.289. The zero-order chi connectivity index (χ0) is 15.6. The Bertz CT molecular complexity index is 886. The SMILES string of the molecule is O=S(=O)(c1ccccc1)n1cc(CCCO)c2cccnc21. The van der Waals surface area contributed by atoms with Gasteiger partial charge in [0.25, 0.3) is 10.0 Å². The lowest BCUT2D eigenvalue weighted by atomic mass is 10.1. The summed E-state index contributed by atoms with van der Waals surface area (Å²) in [7, 11) is -3.68. The zero-order valence-corrected chi connectivity index (χ0v) is 12.7. The molecule has 0 aliphatic carbocycles. The normalized spacial score (nSPS) is 11.9. The first kappa shape index (κ1) is 14.7. The average Bonchev–Trinajstić information content (AvgIpc) is 2.93. The van der Waals surface area contributed by atoms with E-state index in [4.69, 9.17) is 5.11 Å². The molecule has 0 bridgehead atoms. The highest BCUT2D eigenvalue weighted by atomic mass is 32.2. The number of fused-ring (bicyclic) bond motifs is 1. The van der Waals surface area contributed by atoms with Crippen molar-refractivity contribution < 1.29 is 13.5 Å². The summed E-state index contributed by atoms with van der Waals surface area (Å²) in [4.78, 5) is 4.45. The molecular weight excluding hydrogens is 300 g/mol. The van der Waals surface area contributed by atoms with Gasteiger partial charge in [-0.1, -0.05) is 18.2 Å². The maximum absolute atomic E-state index is 12.8. The molecule has 1 aromatic carbocycles. The van der Waals surface area contributed by atoms with Crippen molar-refractivity contribution in [1.29, 1.82) is 0 Å². The van der Waals surface area contributed by atoms with Crippen molar-refractivity contribution in [1.82, 2.24) is 8.96 Å². The number of hydrogen-bond acceptors (Lipinski definition) is 4. The number of pyridine rings is 1. The molecule has 0 fully saturated rings. The number of aromatic nitrogens is 2. The van der Waals surface area contributed by atoms with Crippen molar-refractivity contribution in [3.63, 3.8) is 0 Å². The molecule has 3 rings (SSSR count). The summed E-state index contributed by atoms with van der Waals surface area (Å²) < 4.78 is 26.8. The molecule has 0 spiro atoms. The summed E-state index contributed by atoms with van der Waals surface area (Å²) >= 11 is 0. The summed E-state index contributed by atoms with van der Waals surface area (Å²) in [6.07, 6.45) is 4.38. The molecule has 5 nitrogen and oxygen atoms in total. The van der Waals surface area contributed by atoms with Crippen molar-refractivity contribution in [2.75, 3.05) is 6.61 Å². The van der Waals surface area contributed by atoms with Crippen LogP contribution in [-0.4, -0.2) is 29.1 Å². The Morgan fingerprint density at radius 1 is 1.09 bits per heavy atom. The minimum Gasteiger partial charge on any atom is -0.396 e. The summed E-state index contributed by atoms with van der Waals surface area (Å²) in [6.45, 7) is 0.0678. The first-order chi connectivity index (χ1) is 10.6. The van der Waals surface area contributed by atoms with Gasteiger partial charge in [0.05, 0.1) is 4.90 Å². The highest BCUT2D eigenvalue weighted by Gasteiger charge is 2.21. The minimum atomic E-state index is -3.68. The van der Waals surface area contributed by atoms with Crippen LogP contribution in [0.15, 0.2) is 59.8 Å². The van der Waals surface area contributed by atoms with E-state index in [0.29, 0.717) is 18.5 Å². The van der Waals surface area contributed by atoms with Gasteiger partial charge < -0.3 is 5.11 Å². The molecule has 0 radical (unpaired) electrons. The lowest BCUT2D eigenvalue weighted by Gasteiger charge is -2.06. The monoisotopic (exact) mass is 316 g/mol. The smallest absolute Gasteiger partial charge is 0.269 e. The van der Waals surface area contributed by atoms with E-state index in [-0.39, 0.29) is 11.5 Å². The van der Waals surface area contributed by atoms with Gasteiger partial charge in [0.15, 0.2) is 5.65 Å². The van der Waals surface area contributed by atoms with Crippen molar-refractivity contribution in [3.05, 3.63) is 60.4 Å². The Balaban J connectivity index is 2.19. The Morgan fingerprint density at radius 2 is 1.86 bits per heavy atom. The minimum absolute atomic E-state index is 0.0678. The van der Waals surface area contributed by atoms with Crippen LogP contribution >= 0.6 is 0 Å². The second-order valence-electron chi connectivity index (χ2n) is 4.97. The van der Waals surface area contributed by atoms with Crippen LogP contribution in [0.2, 0.25) is 0 Å². The topological polar surface area (TPSA) is 72.2 Å². The van der Waals surface area contributed by atoms with Gasteiger partial charge in [-0.2, -0.15) is 0 Å². The molecule has 114 valence electrons. The number of nitrogens with zero attached hydrogens (tertiary/aromatic N) is 2. The maximum atomic E-state index is 12.8. The summed E-state index contributed by atoms with van der Waals surface area (Å²) in [6, 6.07) is 11.9. The molecule has 0 aliphatic rings. The predicted molar refractivity (Wildman–Crippen MR) is 84.2 cm³/mol. The first-order valence-corrected chi connectivity index (χ1v) is 8.45. The van der Waals surface area contributed by atoms with Gasteiger partial charge in [0, 0.05) is 24.4 Å². The predicted octanol–water partition coefficient (Wildman–Crippen LogP) is 2.20. The van der Waals surface area contributed by atoms with Crippen molar-refractivity contribution in [2.45, 2.75) is 17.7 Å². The van der Waals surface area contributed by atoms with Gasteiger partial charge in [-0.3, -0.25) is 0 Å². The van der Waals surface area contributed by atoms with Crippen LogP contribution in [0.5, 0.6) is 0 Å². The zero-order valence-electron chi connectivity index (χ0n) is 11.9. The van der Waals surface area contributed by atoms with E-state index in [1.165, 1.54) is 3.97 Å². The van der Waals surface area contributed by atoms with Crippen LogP contribution in [0, 0.1) is 0 Å². The van der Waals surface area contributed by atoms with Gasteiger partial charge in [0.2, 0.25) is 0 Å². The number of benzene rings is 1. The molecule has 0 saturated carbocycles. The fourth-order valence-corrected chi connectivity index (χ4v) is 3.82. The molecule has 0 aliphatic heterocycles. The molecule has 3 aromatic rings. The van der Waals surface area contributed by atoms with Crippen LogP contribution in [0.4, 0.5) is 0 Å². The Morgan fingerprint density at radius 3 is 2.59 bits per heavy atom. The van der Waals surface area contributed by atoms with E-state index in [1.54, 1.807) is 48.8 Å². The van der Waals surface area contributed by atoms with Crippen LogP contribution < -0.4 is 0 Å². The second kappa shape index (κ2) is 5.90. The van der Waals surface area contributed by atoms with E-state index < -0.39 is 10.0 Å². The molecule has 0 amide bonds. The van der Waals surface area contributed by atoms with E-state index in [9.17, 15) is 8.42 Å². The highest BCUT2D eigenvalue weighted by Crippen LogP contribution is 2.25. The number of aliphatic hydroxyl groups excluding tert-OH is 1. The number of hydrogen-bond donors (Lipinski definition) is 1. The van der Waals surface area contributed by atoms with Gasteiger partial charge in [-0.15, -0.1) is 0 Å². The van der Waals surface area contributed by atoms with Gasteiger partial charge in [-0.25, -0.2) is 17.4 Å². The van der Waals surface area contributed by atoms with Gasteiger partial charge >= 0.3 is 0 Å². The van der Waals surface area contributed by atoms with Crippen LogP contribution in [0.25, 0.3) is 11.0 Å². The Labute approximate surface area is 128 Å². The quantitative estimate of drug-likeness (QED) is 0.783. The van der Waals surface area contributed by atoms with E-state index in [2.05, 4.69) is 4.98 Å². The fraction of sp³-hybridized carbons (Fsp3) is 0.188. The number of aryl methyl sites for hydroxylation is 1. The summed E-state index contributed by atoms with van der Waals surface area (Å²) in [5, 5.41) is 9.80. The maximum Gasteiger partial charge on any atom is 0.269 e. The Kier molecular flexibility index (Phi) is 3.96. The molecular formula is C16H16N2O3S. The van der Waals surface area contributed by atoms with Gasteiger partial charge in [-0.05, 0) is 42.7 Å². The molecule has 0 unspecified atom stereocenters. The van der Waals surface area contributed by atoms with E-state index >= 15 is 0 Å². The fourth-order valence-electron chi connectivity index (χ4n) is 2.45. The largest absolute Gasteiger partial charge is 0.396 e. The van der Waals surface area contributed by atoms with E-state index in [0.717, 1.165) is 10.9 Å². The number of aliphatic hydroxyl groups is 1. The van der Waals surface area contributed by atoms with Crippen LogP contribution in [0.3, 0.4) is 0 Å². The van der Waals surface area contributed by atoms with Gasteiger partial charge in [0.1, 0.15) is 0 Å². The molecule has 1 N–H and O–H groups in total. The molecule has 0 atom stereocenters. The third-order valence-corrected chi connectivity index (χ3v) is 5.18. The summed E-state index contributed by atoms with van der Waals surface area (Å²) in [5.74, 6) is 0. The molecule has 2 heterocycles. The van der Waals surface area contributed by atoms with Crippen LogP contribution in [-0.2, 0) is 16.4 Å². The summed E-state index contributed by atoms with van der Waals surface area (Å²) in [5.41, 5.74) is 1.29. The molecule has 6 heteroatoms. The van der Waals surface area contributed by atoms with Crippen molar-refractivity contribution in [2.24, 2.45) is 0 Å². The van der Waals surface area contributed by atoms with E-state index in [1.807, 2.05) is 6.07 Å². The lowest BCUT2D eigenvalue weighted by Crippen LogP contribution is -2.12. The van der Waals surface area contributed by atoms with Crippen molar-refractivity contribution >= 4 is 21.1 Å². The first-order valence-electron chi connectivity index (χ1n) is 7.01. The molecule has 2 aromatic heterocycles. The third kappa shape index (κ3) is 2.51. The highest BCUT2D eigenvalue weighted by molar-refractivity contribution is 7.90. The van der Waals surface area contributed by atoms with Crippen LogP contribution in [0.1, 0.15) is 12.0 Å². The Hall–Kier alpha value is -2.18. The van der Waals surface area contributed by atoms with Crippen molar-refractivity contribution in [3.8, 4) is 0 Å². The molecule has 22 heavy (non-hydrogen) atoms. The second-order valence-corrected chi connectivity index (χ2v) is 6.78. The standard InChI is InChI=1S/C16H16N2O3S/c19-11-5-6-13-12-18(16-15(13)9-4-10-17-16)22(20,21)14-7-2-1-3-8-14/h1-4,7-10,12,19H,5-6,11H2. The average molecular weight is 316 g/mol. The third-order valence-electron chi connectivity index (χ3n) is 3.52. The molecule has 0 saturated heterocycles. The number of rotatable bonds is 5.